The summed E-state index contributed by atoms with van der Waals surface area (Å²) in [4.78, 5) is 11.2. The van der Waals surface area contributed by atoms with Crippen LogP contribution in [0.15, 0.2) is 12.1 Å². The summed E-state index contributed by atoms with van der Waals surface area (Å²) >= 11 is 0. The van der Waals surface area contributed by atoms with Gasteiger partial charge in [-0.1, -0.05) is 0 Å². The first-order chi connectivity index (χ1) is 7.95. The highest BCUT2D eigenvalue weighted by atomic mass is 19.1. The molecule has 2 N–H and O–H groups in total. The van der Waals surface area contributed by atoms with Crippen molar-refractivity contribution in [2.45, 2.75) is 12.8 Å². The fourth-order valence-electron chi connectivity index (χ4n) is 1.34. The Morgan fingerprint density at radius 2 is 2.06 bits per heavy atom. The Labute approximate surface area is 97.9 Å². The van der Waals surface area contributed by atoms with E-state index in [-0.39, 0.29) is 30.1 Å². The summed E-state index contributed by atoms with van der Waals surface area (Å²) < 4.78 is 31.4. The van der Waals surface area contributed by atoms with Crippen LogP contribution in [0.3, 0.4) is 0 Å². The summed E-state index contributed by atoms with van der Waals surface area (Å²) in [7, 11) is 2.65. The summed E-state index contributed by atoms with van der Waals surface area (Å²) in [6.07, 6.45) is 0.114. The van der Waals surface area contributed by atoms with Gasteiger partial charge in [-0.2, -0.15) is 0 Å². The molecule has 0 aliphatic heterocycles. The molecule has 0 heterocycles. The van der Waals surface area contributed by atoms with E-state index in [9.17, 15) is 13.6 Å². The highest BCUT2D eigenvalue weighted by molar-refractivity contribution is 5.75. The fraction of sp³-hybridized carbons (Fsp3) is 0.364. The number of hydrogen-bond donors (Lipinski definition) is 1. The molecule has 1 aromatic carbocycles. The van der Waals surface area contributed by atoms with E-state index < -0.39 is 11.6 Å². The van der Waals surface area contributed by atoms with Crippen molar-refractivity contribution in [2.75, 3.05) is 14.2 Å². The molecule has 0 fully saturated rings. The minimum Gasteiger partial charge on any atom is -0.494 e. The highest BCUT2D eigenvalue weighted by Gasteiger charge is 2.12. The van der Waals surface area contributed by atoms with Crippen LogP contribution in [0.2, 0.25) is 0 Å². The van der Waals surface area contributed by atoms with Crippen LogP contribution >= 0.6 is 0 Å². The second-order valence-electron chi connectivity index (χ2n) is 3.58. The van der Waals surface area contributed by atoms with Gasteiger partial charge >= 0.3 is 0 Å². The molecule has 4 nitrogen and oxygen atoms in total. The first kappa shape index (κ1) is 13.4. The van der Waals surface area contributed by atoms with E-state index in [0.717, 1.165) is 17.1 Å². The van der Waals surface area contributed by atoms with Crippen LogP contribution < -0.4 is 10.6 Å². The van der Waals surface area contributed by atoms with E-state index in [2.05, 4.69) is 4.74 Å². The molecule has 0 saturated heterocycles. The second kappa shape index (κ2) is 5.58. The Bertz CT molecular complexity index is 422. The van der Waals surface area contributed by atoms with Crippen molar-refractivity contribution in [3.05, 3.63) is 29.3 Å². The van der Waals surface area contributed by atoms with Crippen molar-refractivity contribution in [2.24, 2.45) is 5.84 Å². The van der Waals surface area contributed by atoms with Crippen LogP contribution in [0.4, 0.5) is 8.78 Å². The molecule has 1 rings (SSSR count). The monoisotopic (exact) mass is 244 g/mol. The van der Waals surface area contributed by atoms with E-state index >= 15 is 0 Å². The van der Waals surface area contributed by atoms with Crippen molar-refractivity contribution < 1.29 is 18.3 Å². The van der Waals surface area contributed by atoms with Gasteiger partial charge in [-0.15, -0.1) is 0 Å². The summed E-state index contributed by atoms with van der Waals surface area (Å²) in [5.41, 5.74) is 0.124. The van der Waals surface area contributed by atoms with E-state index in [1.165, 1.54) is 14.2 Å². The van der Waals surface area contributed by atoms with Gasteiger partial charge in [-0.3, -0.25) is 9.80 Å². The van der Waals surface area contributed by atoms with Crippen LogP contribution in [0.1, 0.15) is 12.0 Å². The Kier molecular flexibility index (Phi) is 4.39. The fourth-order valence-corrected chi connectivity index (χ4v) is 1.34. The molecule has 0 bridgehead atoms. The van der Waals surface area contributed by atoms with Crippen LogP contribution in [-0.2, 0) is 11.2 Å². The lowest BCUT2D eigenvalue weighted by Crippen LogP contribution is -2.33. The Balaban J connectivity index is 2.79. The lowest BCUT2D eigenvalue weighted by atomic mass is 10.1. The molecule has 0 atom stereocenters. The van der Waals surface area contributed by atoms with Crippen LogP contribution in [0, 0.1) is 11.6 Å². The first-order valence-electron chi connectivity index (χ1n) is 4.99. The minimum absolute atomic E-state index is 0.0235. The average Bonchev–Trinajstić information content (AvgIpc) is 2.29. The first-order valence-corrected chi connectivity index (χ1v) is 4.99. The van der Waals surface area contributed by atoms with Gasteiger partial charge < -0.3 is 4.74 Å². The Morgan fingerprint density at radius 1 is 1.41 bits per heavy atom. The molecule has 6 heteroatoms. The van der Waals surface area contributed by atoms with Gasteiger partial charge in [-0.25, -0.2) is 14.6 Å². The molecule has 0 radical (unpaired) electrons. The van der Waals surface area contributed by atoms with Gasteiger partial charge in [0, 0.05) is 19.5 Å². The molecule has 0 spiro atoms. The SMILES string of the molecule is COc1cc(F)c(CCC(=O)N(C)N)cc1F. The zero-order valence-corrected chi connectivity index (χ0v) is 9.67. The van der Waals surface area contributed by atoms with Gasteiger partial charge in [0.15, 0.2) is 11.6 Å². The quantitative estimate of drug-likeness (QED) is 0.492. The molecule has 0 aromatic heterocycles. The average molecular weight is 244 g/mol. The molecule has 0 aliphatic carbocycles. The lowest BCUT2D eigenvalue weighted by Gasteiger charge is -2.10. The number of carbonyl (C=O) groups excluding carboxylic acids is 1. The number of hydrazine groups is 1. The van der Waals surface area contributed by atoms with Crippen LogP contribution in [0.5, 0.6) is 5.75 Å². The maximum absolute atomic E-state index is 13.5. The summed E-state index contributed by atoms with van der Waals surface area (Å²) in [5.74, 6) is 3.45. The van der Waals surface area contributed by atoms with Crippen molar-refractivity contribution in [1.82, 2.24) is 5.01 Å². The summed E-state index contributed by atoms with van der Waals surface area (Å²) in [6, 6.07) is 1.99. The minimum atomic E-state index is -0.655. The predicted molar refractivity (Wildman–Crippen MR) is 58.2 cm³/mol. The number of nitrogens with zero attached hydrogens (tertiary/aromatic N) is 1. The number of ether oxygens (including phenoxy) is 1. The van der Waals surface area contributed by atoms with E-state index in [1.807, 2.05) is 0 Å². The molecular formula is C11H14F2N2O2. The smallest absolute Gasteiger partial charge is 0.236 e. The van der Waals surface area contributed by atoms with Crippen molar-refractivity contribution >= 4 is 5.91 Å². The molecule has 17 heavy (non-hydrogen) atoms. The van der Waals surface area contributed by atoms with Gasteiger partial charge in [-0.05, 0) is 18.1 Å². The van der Waals surface area contributed by atoms with Gasteiger partial charge in [0.25, 0.3) is 0 Å². The molecule has 94 valence electrons. The molecule has 1 aromatic rings. The molecule has 0 aliphatic rings. The van der Waals surface area contributed by atoms with Crippen molar-refractivity contribution in [1.29, 1.82) is 0 Å². The number of nitrogens with two attached hydrogens (primary N) is 1. The molecule has 1 amide bonds. The number of benzene rings is 1. The van der Waals surface area contributed by atoms with Crippen molar-refractivity contribution in [3.63, 3.8) is 0 Å². The molecule has 0 unspecified atom stereocenters. The third-order valence-electron chi connectivity index (χ3n) is 2.32. The standard InChI is InChI=1S/C11H14F2N2O2/c1-15(14)11(16)4-3-7-5-9(13)10(17-2)6-8(7)12/h5-6H,3-4,14H2,1-2H3. The Hall–Kier alpha value is -1.69. The second-order valence-corrected chi connectivity index (χ2v) is 3.58. The number of halogens is 2. The number of aryl methyl sites for hydroxylation is 1. The van der Waals surface area contributed by atoms with Gasteiger partial charge in [0.2, 0.25) is 5.91 Å². The van der Waals surface area contributed by atoms with Crippen LogP contribution in [-0.4, -0.2) is 25.1 Å². The lowest BCUT2D eigenvalue weighted by molar-refractivity contribution is -0.130. The van der Waals surface area contributed by atoms with Gasteiger partial charge in [0.05, 0.1) is 7.11 Å². The third-order valence-corrected chi connectivity index (χ3v) is 2.32. The summed E-state index contributed by atoms with van der Waals surface area (Å²) in [6.45, 7) is 0. The number of methoxy groups -OCH3 is 1. The van der Waals surface area contributed by atoms with Crippen molar-refractivity contribution in [3.8, 4) is 5.75 Å². The topological polar surface area (TPSA) is 55.6 Å². The maximum atomic E-state index is 13.5. The number of carbonyl (C=O) groups is 1. The highest BCUT2D eigenvalue weighted by Crippen LogP contribution is 2.22. The van der Waals surface area contributed by atoms with E-state index in [4.69, 9.17) is 5.84 Å². The van der Waals surface area contributed by atoms with Crippen LogP contribution in [0.25, 0.3) is 0 Å². The predicted octanol–water partition coefficient (Wildman–Crippen LogP) is 1.24. The Morgan fingerprint density at radius 3 is 2.59 bits per heavy atom. The number of rotatable bonds is 4. The molecule has 0 saturated carbocycles. The van der Waals surface area contributed by atoms with Gasteiger partial charge in [0.1, 0.15) is 5.82 Å². The summed E-state index contributed by atoms with van der Waals surface area (Å²) in [5, 5.41) is 0.914. The zero-order valence-electron chi connectivity index (χ0n) is 9.67. The largest absolute Gasteiger partial charge is 0.494 e. The molecular weight excluding hydrogens is 230 g/mol. The van der Waals surface area contributed by atoms with E-state index in [0.29, 0.717) is 0 Å². The number of amides is 1. The maximum Gasteiger partial charge on any atom is 0.236 e. The third kappa shape index (κ3) is 3.39. The van der Waals surface area contributed by atoms with E-state index in [1.54, 1.807) is 0 Å². The normalized spacial score (nSPS) is 10.2. The zero-order chi connectivity index (χ0) is 13.0. The number of hydrogen-bond acceptors (Lipinski definition) is 3.